The van der Waals surface area contributed by atoms with Crippen LogP contribution in [0.1, 0.15) is 55.3 Å². The van der Waals surface area contributed by atoms with Crippen LogP contribution in [0.5, 0.6) is 17.2 Å². The van der Waals surface area contributed by atoms with Gasteiger partial charge in [0.1, 0.15) is 17.2 Å². The third-order valence-corrected chi connectivity index (χ3v) is 7.23. The van der Waals surface area contributed by atoms with Gasteiger partial charge < -0.3 is 14.9 Å². The lowest BCUT2D eigenvalue weighted by atomic mass is 9.68. The molecule has 0 amide bonds. The van der Waals surface area contributed by atoms with Crippen molar-refractivity contribution >= 4 is 12.4 Å². The normalized spacial score (nSPS) is 26.2. The molecular weight excluding hydrogens is 424 g/mol. The molecule has 1 fully saturated rings. The van der Waals surface area contributed by atoms with Gasteiger partial charge in [0, 0.05) is 41.5 Å². The maximum atomic E-state index is 10.3. The van der Waals surface area contributed by atoms with Crippen LogP contribution in [0.4, 0.5) is 0 Å². The summed E-state index contributed by atoms with van der Waals surface area (Å²) in [7, 11) is 0. The number of nitrogens with zero attached hydrogens (tertiary/aromatic N) is 2. The molecule has 1 heterocycles. The van der Waals surface area contributed by atoms with Crippen LogP contribution in [0.25, 0.3) is 0 Å². The second-order valence-electron chi connectivity index (χ2n) is 9.24. The molecule has 3 aromatic carbocycles. The minimum Gasteiger partial charge on any atom is -0.507 e. The number of rotatable bonds is 5. The van der Waals surface area contributed by atoms with Gasteiger partial charge >= 0.3 is 0 Å². The number of fused-ring (bicyclic) bond motifs is 2. The van der Waals surface area contributed by atoms with E-state index in [4.69, 9.17) is 14.7 Å². The average molecular weight is 455 g/mol. The molecule has 4 atom stereocenters. The van der Waals surface area contributed by atoms with Crippen molar-refractivity contribution in [1.82, 2.24) is 0 Å². The van der Waals surface area contributed by atoms with Crippen LogP contribution in [0.3, 0.4) is 0 Å². The van der Waals surface area contributed by atoms with E-state index in [1.807, 2.05) is 48.5 Å². The predicted molar refractivity (Wildman–Crippen MR) is 135 cm³/mol. The monoisotopic (exact) mass is 454 g/mol. The molecule has 1 saturated carbocycles. The van der Waals surface area contributed by atoms with Crippen molar-refractivity contribution in [1.29, 1.82) is 0 Å². The van der Waals surface area contributed by atoms with Crippen LogP contribution in [0.15, 0.2) is 82.8 Å². The Hall–Kier alpha value is -3.60. The lowest BCUT2D eigenvalue weighted by Gasteiger charge is -2.49. The van der Waals surface area contributed by atoms with Gasteiger partial charge in [0.15, 0.2) is 0 Å². The van der Waals surface area contributed by atoms with E-state index >= 15 is 0 Å². The summed E-state index contributed by atoms with van der Waals surface area (Å²) < 4.78 is 6.68. The first-order valence-electron chi connectivity index (χ1n) is 12.0. The van der Waals surface area contributed by atoms with Crippen LogP contribution in [0.2, 0.25) is 0 Å². The Labute approximate surface area is 200 Å². The second-order valence-corrected chi connectivity index (χ2v) is 9.24. The molecule has 0 unspecified atom stereocenters. The number of aliphatic imine (C=N–C) groups is 2. The number of hydrogen-bond acceptors (Lipinski definition) is 5. The zero-order chi connectivity index (χ0) is 23.5. The fraction of sp³-hybridized carbons (Fsp3) is 0.310. The van der Waals surface area contributed by atoms with Crippen molar-refractivity contribution in [2.24, 2.45) is 21.8 Å². The van der Waals surface area contributed by atoms with Gasteiger partial charge in [-0.3, -0.25) is 4.99 Å². The highest BCUT2D eigenvalue weighted by molar-refractivity contribution is 5.84. The van der Waals surface area contributed by atoms with E-state index in [2.05, 4.69) is 13.0 Å². The third-order valence-electron chi connectivity index (χ3n) is 7.23. The molecule has 174 valence electrons. The Balaban J connectivity index is 1.60. The van der Waals surface area contributed by atoms with Crippen molar-refractivity contribution in [3.05, 3.63) is 89.5 Å². The number of para-hydroxylation sites is 3. The first-order chi connectivity index (χ1) is 16.6. The van der Waals surface area contributed by atoms with Crippen molar-refractivity contribution in [2.75, 3.05) is 0 Å². The molecule has 0 spiro atoms. The number of aromatic hydroxyl groups is 2. The van der Waals surface area contributed by atoms with E-state index in [1.54, 1.807) is 30.6 Å². The summed E-state index contributed by atoms with van der Waals surface area (Å²) in [6.45, 7) is 2.24. The van der Waals surface area contributed by atoms with Gasteiger partial charge in [-0.15, -0.1) is 0 Å². The Morgan fingerprint density at radius 3 is 2.26 bits per heavy atom. The van der Waals surface area contributed by atoms with Gasteiger partial charge in [-0.05, 0) is 49.1 Å². The summed E-state index contributed by atoms with van der Waals surface area (Å²) in [6, 6.07) is 22.4. The standard InChI is InChI=1S/C29H30N2O3/c1-2-20-15-16-29(31-19-22-10-4-7-13-26(22)33)24(17-20)28(23-11-5-8-14-27(23)34-29)30-18-21-9-3-6-12-25(21)32/h3-14,18-20,24,28,32-33H,2,15-17H2,1H3/t20-,24-,28-,29+/m1/s1. The van der Waals surface area contributed by atoms with Crippen molar-refractivity contribution in [2.45, 2.75) is 44.4 Å². The fourth-order valence-corrected chi connectivity index (χ4v) is 5.26. The van der Waals surface area contributed by atoms with E-state index in [-0.39, 0.29) is 23.5 Å². The molecule has 1 aliphatic carbocycles. The number of phenols is 2. The molecule has 5 rings (SSSR count). The first-order valence-corrected chi connectivity index (χ1v) is 12.0. The smallest absolute Gasteiger partial charge is 0.205 e. The van der Waals surface area contributed by atoms with E-state index in [1.165, 1.54) is 0 Å². The summed E-state index contributed by atoms with van der Waals surface area (Å²) in [5, 5.41) is 20.6. The highest BCUT2D eigenvalue weighted by Gasteiger charge is 2.52. The number of phenolic OH excluding ortho intramolecular Hbond substituents is 2. The van der Waals surface area contributed by atoms with Crippen LogP contribution >= 0.6 is 0 Å². The Morgan fingerprint density at radius 1 is 0.912 bits per heavy atom. The molecule has 2 aliphatic rings. The van der Waals surface area contributed by atoms with E-state index in [9.17, 15) is 10.2 Å². The van der Waals surface area contributed by atoms with Crippen molar-refractivity contribution in [3.8, 4) is 17.2 Å². The Bertz CT molecular complexity index is 1220. The van der Waals surface area contributed by atoms with E-state index < -0.39 is 5.72 Å². The minimum absolute atomic E-state index is 0.0327. The molecule has 5 nitrogen and oxygen atoms in total. The predicted octanol–water partition coefficient (Wildman–Crippen LogP) is 6.29. The summed E-state index contributed by atoms with van der Waals surface area (Å²) >= 11 is 0. The molecule has 3 aromatic rings. The largest absolute Gasteiger partial charge is 0.507 e. The van der Waals surface area contributed by atoms with Crippen molar-refractivity contribution < 1.29 is 14.9 Å². The summed E-state index contributed by atoms with van der Waals surface area (Å²) in [5.41, 5.74) is 1.65. The number of ether oxygens (including phenoxy) is 1. The van der Waals surface area contributed by atoms with Gasteiger partial charge in [0.25, 0.3) is 0 Å². The molecule has 34 heavy (non-hydrogen) atoms. The van der Waals surface area contributed by atoms with Gasteiger partial charge in [0.05, 0.1) is 6.04 Å². The molecule has 5 heteroatoms. The molecular formula is C29H30N2O3. The zero-order valence-electron chi connectivity index (χ0n) is 19.3. The van der Waals surface area contributed by atoms with Crippen LogP contribution < -0.4 is 4.74 Å². The lowest BCUT2D eigenvalue weighted by Crippen LogP contribution is -2.51. The lowest BCUT2D eigenvalue weighted by molar-refractivity contribution is -0.0575. The van der Waals surface area contributed by atoms with E-state index in [0.29, 0.717) is 17.0 Å². The third kappa shape index (κ3) is 4.18. The second kappa shape index (κ2) is 9.34. The maximum absolute atomic E-state index is 10.3. The highest BCUT2D eigenvalue weighted by Crippen LogP contribution is 2.54. The summed E-state index contributed by atoms with van der Waals surface area (Å²) in [5.74, 6) is 1.82. The summed E-state index contributed by atoms with van der Waals surface area (Å²) in [4.78, 5) is 10.1. The Kier molecular flexibility index (Phi) is 6.10. The van der Waals surface area contributed by atoms with Crippen LogP contribution in [-0.2, 0) is 0 Å². The number of hydrogen-bond donors (Lipinski definition) is 2. The van der Waals surface area contributed by atoms with Crippen LogP contribution in [-0.4, -0.2) is 28.4 Å². The molecule has 0 saturated heterocycles. The molecule has 0 radical (unpaired) electrons. The molecule has 1 aliphatic heterocycles. The number of benzene rings is 3. The maximum Gasteiger partial charge on any atom is 0.205 e. The molecule has 2 N–H and O–H groups in total. The topological polar surface area (TPSA) is 74.4 Å². The van der Waals surface area contributed by atoms with Gasteiger partial charge in [-0.25, -0.2) is 4.99 Å². The van der Waals surface area contributed by atoms with Gasteiger partial charge in [0.2, 0.25) is 5.72 Å². The fourth-order valence-electron chi connectivity index (χ4n) is 5.26. The molecule has 0 aromatic heterocycles. The minimum atomic E-state index is -0.761. The van der Waals surface area contributed by atoms with Gasteiger partial charge in [-0.1, -0.05) is 55.8 Å². The van der Waals surface area contributed by atoms with Crippen LogP contribution in [0, 0.1) is 11.8 Å². The zero-order valence-corrected chi connectivity index (χ0v) is 19.3. The Morgan fingerprint density at radius 2 is 1.56 bits per heavy atom. The quantitative estimate of drug-likeness (QED) is 0.445. The average Bonchev–Trinajstić information content (AvgIpc) is 2.86. The SMILES string of the molecule is CC[C@@H]1CC[C@]2(N=Cc3ccccc3O)Oc3ccccc3[C@@H](N=Cc3ccccc3O)[C@H]2C1. The first kappa shape index (κ1) is 22.2. The van der Waals surface area contributed by atoms with E-state index in [0.717, 1.165) is 37.0 Å². The van der Waals surface area contributed by atoms with Crippen molar-refractivity contribution in [3.63, 3.8) is 0 Å². The van der Waals surface area contributed by atoms with Gasteiger partial charge in [-0.2, -0.15) is 0 Å². The molecule has 0 bridgehead atoms. The summed E-state index contributed by atoms with van der Waals surface area (Å²) in [6.07, 6.45) is 7.39. The highest BCUT2D eigenvalue weighted by atomic mass is 16.5.